The molecule has 1 atom stereocenters. The van der Waals surface area contributed by atoms with E-state index in [2.05, 4.69) is 25.3 Å². The van der Waals surface area contributed by atoms with Crippen LogP contribution in [-0.2, 0) is 0 Å². The topological polar surface area (TPSA) is 88.5 Å². The van der Waals surface area contributed by atoms with Gasteiger partial charge in [0.25, 0.3) is 5.56 Å². The third-order valence-electron chi connectivity index (χ3n) is 5.47. The highest BCUT2D eigenvalue weighted by Crippen LogP contribution is 2.30. The van der Waals surface area contributed by atoms with E-state index in [1.54, 1.807) is 30.6 Å². The van der Waals surface area contributed by atoms with Crippen molar-refractivity contribution in [3.05, 3.63) is 87.0 Å². The molecule has 10 heteroatoms. The van der Waals surface area contributed by atoms with Crippen molar-refractivity contribution in [2.75, 3.05) is 5.32 Å². The summed E-state index contributed by atoms with van der Waals surface area (Å²) in [6, 6.07) is 10.6. The van der Waals surface area contributed by atoms with Crippen LogP contribution in [0.15, 0.2) is 59.9 Å². The zero-order chi connectivity index (χ0) is 23.1. The number of rotatable bonds is 5. The lowest BCUT2D eigenvalue weighted by Crippen LogP contribution is -2.26. The van der Waals surface area contributed by atoms with Gasteiger partial charge in [-0.25, -0.2) is 19.3 Å². The van der Waals surface area contributed by atoms with Gasteiger partial charge in [0.05, 0.1) is 33.5 Å². The third kappa shape index (κ3) is 3.81. The summed E-state index contributed by atoms with van der Waals surface area (Å²) in [6.45, 7) is 1.99. The Bertz CT molecular complexity index is 1560. The minimum atomic E-state index is -0.486. The molecule has 3 aromatic heterocycles. The SMILES string of the molecule is CCC(Nc1ncnc2[nH]cnc12)c1cc2ccc(F)cc2c(=O)n1-c1ccc(Cl)c(Cl)c1. The molecule has 3 heterocycles. The predicted molar refractivity (Wildman–Crippen MR) is 128 cm³/mol. The fraction of sp³-hybridized carbons (Fsp3) is 0.130. The van der Waals surface area contributed by atoms with Crippen LogP contribution in [0, 0.1) is 5.82 Å². The number of H-pyrrole nitrogens is 1. The first-order valence-corrected chi connectivity index (χ1v) is 10.9. The molecule has 33 heavy (non-hydrogen) atoms. The van der Waals surface area contributed by atoms with Gasteiger partial charge in [0.1, 0.15) is 17.7 Å². The van der Waals surface area contributed by atoms with Gasteiger partial charge < -0.3 is 10.3 Å². The summed E-state index contributed by atoms with van der Waals surface area (Å²) in [5.74, 6) is 0.0422. The fourth-order valence-corrected chi connectivity index (χ4v) is 4.16. The molecule has 2 aromatic carbocycles. The molecule has 0 saturated carbocycles. The molecule has 0 aliphatic rings. The van der Waals surface area contributed by atoms with Crippen molar-refractivity contribution in [1.82, 2.24) is 24.5 Å². The van der Waals surface area contributed by atoms with Crippen LogP contribution in [0.2, 0.25) is 10.0 Å². The monoisotopic (exact) mass is 482 g/mol. The largest absolute Gasteiger partial charge is 0.360 e. The first kappa shape index (κ1) is 21.4. The molecular weight excluding hydrogens is 466 g/mol. The molecule has 0 radical (unpaired) electrons. The quantitative estimate of drug-likeness (QED) is 0.337. The number of nitrogens with one attached hydrogen (secondary N) is 2. The smallest absolute Gasteiger partial charge is 0.263 e. The number of aromatic nitrogens is 5. The van der Waals surface area contributed by atoms with Crippen LogP contribution in [0.3, 0.4) is 0 Å². The van der Waals surface area contributed by atoms with E-state index in [9.17, 15) is 9.18 Å². The van der Waals surface area contributed by atoms with Crippen molar-refractivity contribution in [3.8, 4) is 5.69 Å². The Morgan fingerprint density at radius 2 is 1.94 bits per heavy atom. The number of nitrogens with zero attached hydrogens (tertiary/aromatic N) is 4. The average Bonchev–Trinajstić information content (AvgIpc) is 3.29. The van der Waals surface area contributed by atoms with Gasteiger partial charge in [-0.05, 0) is 48.2 Å². The molecule has 166 valence electrons. The number of fused-ring (bicyclic) bond motifs is 2. The van der Waals surface area contributed by atoms with Crippen molar-refractivity contribution >= 4 is 51.0 Å². The van der Waals surface area contributed by atoms with Crippen molar-refractivity contribution in [2.24, 2.45) is 0 Å². The Kier molecular flexibility index (Phi) is 5.47. The summed E-state index contributed by atoms with van der Waals surface area (Å²) in [4.78, 5) is 29.3. The van der Waals surface area contributed by atoms with Gasteiger partial charge in [0.15, 0.2) is 11.5 Å². The Morgan fingerprint density at radius 3 is 2.73 bits per heavy atom. The van der Waals surface area contributed by atoms with Crippen molar-refractivity contribution < 1.29 is 4.39 Å². The van der Waals surface area contributed by atoms with Gasteiger partial charge in [-0.2, -0.15) is 0 Å². The average molecular weight is 483 g/mol. The van der Waals surface area contributed by atoms with E-state index >= 15 is 0 Å². The van der Waals surface area contributed by atoms with E-state index in [0.29, 0.717) is 50.2 Å². The highest BCUT2D eigenvalue weighted by Gasteiger charge is 2.21. The molecule has 0 bridgehead atoms. The molecule has 5 aromatic rings. The van der Waals surface area contributed by atoms with Gasteiger partial charge in [0, 0.05) is 5.69 Å². The maximum atomic E-state index is 14.0. The van der Waals surface area contributed by atoms with E-state index in [4.69, 9.17) is 23.2 Å². The minimum absolute atomic E-state index is 0.261. The molecule has 2 N–H and O–H groups in total. The number of halogens is 3. The molecule has 0 aliphatic heterocycles. The fourth-order valence-electron chi connectivity index (χ4n) is 3.87. The molecule has 0 fully saturated rings. The Balaban J connectivity index is 1.74. The summed E-state index contributed by atoms with van der Waals surface area (Å²) in [7, 11) is 0. The van der Waals surface area contributed by atoms with Crippen LogP contribution in [0.25, 0.3) is 27.6 Å². The standard InChI is InChI=1S/C23H17Cl2FN6O/c1-2-18(31-22-20-21(28-10-27-20)29-11-30-22)19-7-12-3-4-13(26)8-15(12)23(33)32(19)14-5-6-16(24)17(25)9-14/h3-11,18H,2H2,1H3,(H2,27,28,29,30,31). The zero-order valence-corrected chi connectivity index (χ0v) is 18.8. The predicted octanol–water partition coefficient (Wildman–Crippen LogP) is 5.67. The number of hydrogen-bond donors (Lipinski definition) is 2. The van der Waals surface area contributed by atoms with E-state index in [0.717, 1.165) is 0 Å². The number of pyridine rings is 1. The zero-order valence-electron chi connectivity index (χ0n) is 17.3. The molecular formula is C23H17Cl2FN6O. The van der Waals surface area contributed by atoms with E-state index in [-0.39, 0.29) is 17.0 Å². The number of benzene rings is 2. The summed E-state index contributed by atoms with van der Waals surface area (Å²) >= 11 is 12.4. The van der Waals surface area contributed by atoms with Gasteiger partial charge >= 0.3 is 0 Å². The van der Waals surface area contributed by atoms with E-state index < -0.39 is 5.82 Å². The highest BCUT2D eigenvalue weighted by atomic mass is 35.5. The second-order valence-electron chi connectivity index (χ2n) is 7.47. The third-order valence-corrected chi connectivity index (χ3v) is 6.20. The maximum Gasteiger partial charge on any atom is 0.263 e. The highest BCUT2D eigenvalue weighted by molar-refractivity contribution is 6.42. The molecule has 0 amide bonds. The second kappa shape index (κ2) is 8.46. The lowest BCUT2D eigenvalue weighted by molar-refractivity contribution is 0.629. The molecule has 0 saturated heterocycles. The minimum Gasteiger partial charge on any atom is -0.360 e. The van der Waals surface area contributed by atoms with Gasteiger partial charge in [-0.1, -0.05) is 36.2 Å². The molecule has 0 spiro atoms. The van der Waals surface area contributed by atoms with E-state index in [1.807, 2.05) is 13.0 Å². The summed E-state index contributed by atoms with van der Waals surface area (Å²) in [5.41, 5.74) is 1.99. The van der Waals surface area contributed by atoms with Gasteiger partial charge in [-0.3, -0.25) is 9.36 Å². The molecule has 0 aliphatic carbocycles. The Hall–Kier alpha value is -3.49. The van der Waals surface area contributed by atoms with Crippen LogP contribution >= 0.6 is 23.2 Å². The number of aromatic amines is 1. The Morgan fingerprint density at radius 1 is 1.09 bits per heavy atom. The lowest BCUT2D eigenvalue weighted by Gasteiger charge is -2.23. The summed E-state index contributed by atoms with van der Waals surface area (Å²) < 4.78 is 15.5. The number of anilines is 1. The van der Waals surface area contributed by atoms with Crippen LogP contribution in [0.4, 0.5) is 10.2 Å². The van der Waals surface area contributed by atoms with Crippen molar-refractivity contribution in [3.63, 3.8) is 0 Å². The normalized spacial score (nSPS) is 12.4. The first-order chi connectivity index (χ1) is 16.0. The van der Waals surface area contributed by atoms with Gasteiger partial charge in [0.2, 0.25) is 0 Å². The summed E-state index contributed by atoms with van der Waals surface area (Å²) in [5, 5.41) is 4.95. The van der Waals surface area contributed by atoms with Crippen molar-refractivity contribution in [1.29, 1.82) is 0 Å². The van der Waals surface area contributed by atoms with Crippen LogP contribution < -0.4 is 10.9 Å². The van der Waals surface area contributed by atoms with Crippen LogP contribution in [-0.4, -0.2) is 24.5 Å². The van der Waals surface area contributed by atoms with E-state index in [1.165, 1.54) is 23.0 Å². The molecule has 5 rings (SSSR count). The Labute approximate surface area is 197 Å². The molecule has 1 unspecified atom stereocenters. The second-order valence-corrected chi connectivity index (χ2v) is 8.28. The lowest BCUT2D eigenvalue weighted by atomic mass is 10.0. The van der Waals surface area contributed by atoms with Crippen molar-refractivity contribution in [2.45, 2.75) is 19.4 Å². The van der Waals surface area contributed by atoms with Crippen LogP contribution in [0.1, 0.15) is 25.1 Å². The molecule has 7 nitrogen and oxygen atoms in total. The summed E-state index contributed by atoms with van der Waals surface area (Å²) in [6.07, 6.45) is 3.59. The van der Waals surface area contributed by atoms with Crippen LogP contribution in [0.5, 0.6) is 0 Å². The first-order valence-electron chi connectivity index (χ1n) is 10.2. The number of hydrogen-bond acceptors (Lipinski definition) is 5. The number of imidazole rings is 1. The maximum absolute atomic E-state index is 14.0. The van der Waals surface area contributed by atoms with Gasteiger partial charge in [-0.15, -0.1) is 0 Å².